The molecule has 3 saturated carbocycles. The number of carbonyl (C=O) groups excluding carboxylic acids is 2. The van der Waals surface area contributed by atoms with Crippen LogP contribution in [0.4, 0.5) is 14.0 Å². The first-order valence-corrected chi connectivity index (χ1v) is 11.8. The van der Waals surface area contributed by atoms with Gasteiger partial charge >= 0.3 is 12.1 Å². The van der Waals surface area contributed by atoms with E-state index in [-0.39, 0.29) is 35.1 Å². The number of fused-ring (bicyclic) bond motifs is 1. The summed E-state index contributed by atoms with van der Waals surface area (Å²) in [6.07, 6.45) is 4.42. The van der Waals surface area contributed by atoms with Gasteiger partial charge in [-0.2, -0.15) is 0 Å². The van der Waals surface area contributed by atoms with Gasteiger partial charge < -0.3 is 20.3 Å². The summed E-state index contributed by atoms with van der Waals surface area (Å²) in [7, 11) is 0. The van der Waals surface area contributed by atoms with Gasteiger partial charge in [0.1, 0.15) is 5.82 Å². The molecule has 1 heterocycles. The average Bonchev–Trinajstić information content (AvgIpc) is 2.77. The van der Waals surface area contributed by atoms with Gasteiger partial charge in [0.25, 0.3) is 0 Å². The standard InChI is InChI=1S/C26H30FN3O3/c1-2-3-14-33-24(32)29-26-15-25(16-26,17-26)28-23(31)30-13-12-18-6-4-5-7-21(18)22(30)19-8-10-20(27)11-9-19/h4-11,22H,2-3,12-17H2,1H3,(H,28,31)(H,29,32)/t22-,25?,26?/m0/s1. The van der Waals surface area contributed by atoms with Crippen molar-refractivity contribution < 1.29 is 18.7 Å². The van der Waals surface area contributed by atoms with Crippen molar-refractivity contribution in [3.05, 3.63) is 71.0 Å². The molecule has 0 spiro atoms. The van der Waals surface area contributed by atoms with Gasteiger partial charge in [0, 0.05) is 12.1 Å². The van der Waals surface area contributed by atoms with Gasteiger partial charge in [-0.1, -0.05) is 49.7 Å². The topological polar surface area (TPSA) is 70.7 Å². The molecule has 1 atom stereocenters. The second-order valence-electron chi connectivity index (χ2n) is 9.73. The Balaban J connectivity index is 1.26. The number of alkyl carbamates (subject to hydrolysis) is 1. The van der Waals surface area contributed by atoms with Crippen LogP contribution in [-0.2, 0) is 11.2 Å². The van der Waals surface area contributed by atoms with Crippen molar-refractivity contribution in [2.45, 2.75) is 62.6 Å². The third-order valence-electron chi connectivity index (χ3n) is 7.23. The number of ether oxygens (including phenoxy) is 1. The summed E-state index contributed by atoms with van der Waals surface area (Å²) in [5, 5.41) is 6.23. The first-order chi connectivity index (χ1) is 15.9. The van der Waals surface area contributed by atoms with Crippen molar-refractivity contribution in [2.75, 3.05) is 13.2 Å². The van der Waals surface area contributed by atoms with Crippen LogP contribution in [0.5, 0.6) is 0 Å². The van der Waals surface area contributed by atoms with E-state index in [1.165, 1.54) is 17.7 Å². The highest BCUT2D eigenvalue weighted by Gasteiger charge is 2.69. The average molecular weight is 452 g/mol. The van der Waals surface area contributed by atoms with Gasteiger partial charge in [0.15, 0.2) is 0 Å². The Bertz CT molecular complexity index is 1040. The lowest BCUT2D eigenvalue weighted by Crippen LogP contribution is -2.84. The minimum Gasteiger partial charge on any atom is -0.450 e. The molecule has 3 amide bonds. The van der Waals surface area contributed by atoms with Gasteiger partial charge in [0.2, 0.25) is 0 Å². The van der Waals surface area contributed by atoms with E-state index < -0.39 is 0 Å². The molecule has 2 N–H and O–H groups in total. The van der Waals surface area contributed by atoms with E-state index >= 15 is 0 Å². The van der Waals surface area contributed by atoms with Crippen molar-refractivity contribution in [3.63, 3.8) is 0 Å². The number of unbranched alkanes of at least 4 members (excludes halogenated alkanes) is 1. The maximum Gasteiger partial charge on any atom is 0.407 e. The van der Waals surface area contributed by atoms with Crippen LogP contribution in [0.3, 0.4) is 0 Å². The lowest BCUT2D eigenvalue weighted by Gasteiger charge is -2.70. The normalized spacial score (nSPS) is 27.0. The summed E-state index contributed by atoms with van der Waals surface area (Å²) >= 11 is 0. The first kappa shape index (κ1) is 21.7. The summed E-state index contributed by atoms with van der Waals surface area (Å²) in [5.74, 6) is -0.293. The molecule has 2 aromatic rings. The van der Waals surface area contributed by atoms with Gasteiger partial charge in [-0.15, -0.1) is 0 Å². The number of benzene rings is 2. The van der Waals surface area contributed by atoms with E-state index in [2.05, 4.69) is 23.6 Å². The second-order valence-corrected chi connectivity index (χ2v) is 9.73. The number of nitrogens with one attached hydrogen (secondary N) is 2. The molecule has 1 aliphatic heterocycles. The highest BCUT2D eigenvalue weighted by atomic mass is 19.1. The smallest absolute Gasteiger partial charge is 0.407 e. The maximum atomic E-state index is 13.6. The van der Waals surface area contributed by atoms with E-state index in [1.54, 1.807) is 12.1 Å². The molecule has 0 saturated heterocycles. The molecule has 2 bridgehead atoms. The van der Waals surface area contributed by atoms with Crippen LogP contribution >= 0.6 is 0 Å². The molecule has 3 fully saturated rings. The van der Waals surface area contributed by atoms with Crippen molar-refractivity contribution >= 4 is 12.1 Å². The van der Waals surface area contributed by atoms with Crippen molar-refractivity contribution in [2.24, 2.45) is 0 Å². The SMILES string of the molecule is CCCCOC(=O)NC12CC(NC(=O)N3CCc4ccccc4[C@@H]3c3ccc(F)cc3)(C1)C2. The Hall–Kier alpha value is -3.09. The van der Waals surface area contributed by atoms with Crippen molar-refractivity contribution in [3.8, 4) is 0 Å². The summed E-state index contributed by atoms with van der Waals surface area (Å²) in [4.78, 5) is 27.3. The number of carbonyl (C=O) groups is 2. The van der Waals surface area contributed by atoms with Gasteiger partial charge in [0.05, 0.1) is 18.2 Å². The fraction of sp³-hybridized carbons (Fsp3) is 0.462. The van der Waals surface area contributed by atoms with Crippen LogP contribution in [-0.4, -0.2) is 41.3 Å². The molecular weight excluding hydrogens is 421 g/mol. The van der Waals surface area contributed by atoms with E-state index in [0.29, 0.717) is 13.2 Å². The Morgan fingerprint density at radius 2 is 1.76 bits per heavy atom. The van der Waals surface area contributed by atoms with E-state index in [0.717, 1.165) is 49.7 Å². The monoisotopic (exact) mass is 451 g/mol. The number of hydrogen-bond acceptors (Lipinski definition) is 3. The Morgan fingerprint density at radius 3 is 2.48 bits per heavy atom. The second kappa shape index (κ2) is 8.36. The summed E-state index contributed by atoms with van der Waals surface area (Å²) in [5.41, 5.74) is 2.67. The number of nitrogens with zero attached hydrogens (tertiary/aromatic N) is 1. The van der Waals surface area contributed by atoms with Crippen LogP contribution < -0.4 is 10.6 Å². The molecule has 0 aromatic heterocycles. The number of amides is 3. The Kier molecular flexibility index (Phi) is 5.51. The fourth-order valence-electron chi connectivity index (χ4n) is 5.70. The first-order valence-electron chi connectivity index (χ1n) is 11.8. The zero-order chi connectivity index (χ0) is 23.1. The molecule has 33 heavy (non-hydrogen) atoms. The zero-order valence-corrected chi connectivity index (χ0v) is 18.9. The van der Waals surface area contributed by atoms with E-state index in [4.69, 9.17) is 4.74 Å². The van der Waals surface area contributed by atoms with Crippen LogP contribution in [0.25, 0.3) is 0 Å². The molecule has 3 aliphatic carbocycles. The lowest BCUT2D eigenvalue weighted by atomic mass is 9.44. The van der Waals surface area contributed by atoms with Crippen LogP contribution in [0.15, 0.2) is 48.5 Å². The minimum atomic E-state index is -0.368. The summed E-state index contributed by atoms with van der Waals surface area (Å²) in [6, 6.07) is 14.2. The van der Waals surface area contributed by atoms with Crippen LogP contribution in [0, 0.1) is 5.82 Å². The van der Waals surface area contributed by atoms with Crippen LogP contribution in [0.2, 0.25) is 0 Å². The maximum absolute atomic E-state index is 13.6. The molecule has 4 aliphatic rings. The van der Waals surface area contributed by atoms with Crippen molar-refractivity contribution in [1.29, 1.82) is 0 Å². The number of hydrogen-bond donors (Lipinski definition) is 2. The third-order valence-corrected chi connectivity index (χ3v) is 7.23. The van der Waals surface area contributed by atoms with Gasteiger partial charge in [-0.05, 0) is 60.9 Å². The van der Waals surface area contributed by atoms with Gasteiger partial charge in [-0.25, -0.2) is 14.0 Å². The lowest BCUT2D eigenvalue weighted by molar-refractivity contribution is -0.0941. The summed E-state index contributed by atoms with van der Waals surface area (Å²) in [6.45, 7) is 3.08. The number of rotatable bonds is 6. The molecular formula is C26H30FN3O3. The Morgan fingerprint density at radius 1 is 1.06 bits per heavy atom. The number of urea groups is 1. The Labute approximate surface area is 193 Å². The molecule has 2 aromatic carbocycles. The van der Waals surface area contributed by atoms with Crippen LogP contribution in [0.1, 0.15) is 61.8 Å². The predicted molar refractivity (Wildman–Crippen MR) is 122 cm³/mol. The molecule has 174 valence electrons. The van der Waals surface area contributed by atoms with E-state index in [1.807, 2.05) is 23.1 Å². The van der Waals surface area contributed by atoms with Crippen molar-refractivity contribution in [1.82, 2.24) is 15.5 Å². The summed E-state index contributed by atoms with van der Waals surface area (Å²) < 4.78 is 18.8. The highest BCUT2D eigenvalue weighted by Crippen LogP contribution is 2.60. The fourth-order valence-corrected chi connectivity index (χ4v) is 5.70. The largest absolute Gasteiger partial charge is 0.450 e. The minimum absolute atomic E-state index is 0.113. The number of halogens is 1. The van der Waals surface area contributed by atoms with E-state index in [9.17, 15) is 14.0 Å². The zero-order valence-electron chi connectivity index (χ0n) is 18.9. The molecule has 6 nitrogen and oxygen atoms in total. The molecule has 0 radical (unpaired) electrons. The molecule has 7 heteroatoms. The highest BCUT2D eigenvalue weighted by molar-refractivity contribution is 5.78. The predicted octanol–water partition coefficient (Wildman–Crippen LogP) is 4.68. The molecule has 0 unspecified atom stereocenters. The quantitative estimate of drug-likeness (QED) is 0.627. The van der Waals surface area contributed by atoms with Gasteiger partial charge in [-0.3, -0.25) is 0 Å². The molecule has 6 rings (SSSR count). The third kappa shape index (κ3) is 4.05.